The van der Waals surface area contributed by atoms with E-state index < -0.39 is 0 Å². The number of benzene rings is 2. The molecule has 1 atom stereocenters. The molecule has 0 aliphatic heterocycles. The van der Waals surface area contributed by atoms with Crippen molar-refractivity contribution in [1.29, 1.82) is 5.26 Å². The average molecular weight is 251 g/mol. The predicted octanol–water partition coefficient (Wildman–Crippen LogP) is 3.62. The second-order valence-electron chi connectivity index (χ2n) is 4.60. The van der Waals surface area contributed by atoms with Crippen molar-refractivity contribution in [2.45, 2.75) is 19.9 Å². The highest BCUT2D eigenvalue weighted by atomic mass is 14.9. The Hall–Kier alpha value is -2.47. The van der Waals surface area contributed by atoms with Crippen LogP contribution in [0.15, 0.2) is 42.5 Å². The maximum absolute atomic E-state index is 8.98. The summed E-state index contributed by atoms with van der Waals surface area (Å²) in [5, 5.41) is 12.3. The maximum atomic E-state index is 8.98. The third-order valence-electron chi connectivity index (χ3n) is 3.25. The number of aryl methyl sites for hydroxylation is 1. The summed E-state index contributed by atoms with van der Waals surface area (Å²) in [7, 11) is 0. The van der Waals surface area contributed by atoms with E-state index in [0.29, 0.717) is 11.3 Å². The minimum absolute atomic E-state index is 0.137. The maximum Gasteiger partial charge on any atom is 0.101 e. The molecule has 1 unspecified atom stereocenters. The van der Waals surface area contributed by atoms with Crippen LogP contribution >= 0.6 is 0 Å². The van der Waals surface area contributed by atoms with Gasteiger partial charge in [-0.05, 0) is 37.1 Å². The van der Waals surface area contributed by atoms with Gasteiger partial charge in [-0.15, -0.1) is 0 Å². The number of nitrogen functional groups attached to an aromatic ring is 1. The van der Waals surface area contributed by atoms with Crippen LogP contribution in [0.4, 0.5) is 11.4 Å². The Morgan fingerprint density at radius 2 is 1.89 bits per heavy atom. The zero-order chi connectivity index (χ0) is 13.8. The van der Waals surface area contributed by atoms with Gasteiger partial charge in [0.1, 0.15) is 6.07 Å². The normalized spacial score (nSPS) is 11.6. The van der Waals surface area contributed by atoms with Crippen LogP contribution in [-0.4, -0.2) is 0 Å². The average Bonchev–Trinajstić information content (AvgIpc) is 2.41. The lowest BCUT2D eigenvalue weighted by molar-refractivity contribution is 0.875. The highest BCUT2D eigenvalue weighted by molar-refractivity contribution is 5.73. The highest BCUT2D eigenvalue weighted by Gasteiger charge is 2.10. The molecule has 0 saturated heterocycles. The van der Waals surface area contributed by atoms with E-state index in [1.165, 1.54) is 11.1 Å². The lowest BCUT2D eigenvalue weighted by Crippen LogP contribution is -2.10. The first kappa shape index (κ1) is 13.0. The van der Waals surface area contributed by atoms with Crippen LogP contribution in [0.3, 0.4) is 0 Å². The van der Waals surface area contributed by atoms with Crippen molar-refractivity contribution in [3.8, 4) is 6.07 Å². The molecular weight excluding hydrogens is 234 g/mol. The minimum atomic E-state index is 0.137. The third-order valence-corrected chi connectivity index (χ3v) is 3.25. The summed E-state index contributed by atoms with van der Waals surface area (Å²) in [6, 6.07) is 15.9. The molecule has 96 valence electrons. The van der Waals surface area contributed by atoms with Crippen LogP contribution in [0.2, 0.25) is 0 Å². The van der Waals surface area contributed by atoms with E-state index in [2.05, 4.69) is 37.4 Å². The Labute approximate surface area is 113 Å². The molecule has 0 aliphatic rings. The molecule has 0 amide bonds. The summed E-state index contributed by atoms with van der Waals surface area (Å²) >= 11 is 0. The van der Waals surface area contributed by atoms with E-state index in [9.17, 15) is 0 Å². The number of nitrogens with two attached hydrogens (primary N) is 1. The number of nitrogens with zero attached hydrogens (tertiary/aromatic N) is 1. The molecule has 3 N–H and O–H groups in total. The van der Waals surface area contributed by atoms with Gasteiger partial charge < -0.3 is 11.1 Å². The number of hydrogen-bond donors (Lipinski definition) is 2. The molecule has 0 spiro atoms. The second-order valence-corrected chi connectivity index (χ2v) is 4.60. The summed E-state index contributed by atoms with van der Waals surface area (Å²) in [5.41, 5.74) is 10.2. The van der Waals surface area contributed by atoms with E-state index in [1.807, 2.05) is 24.3 Å². The SMILES string of the molecule is Cc1ccccc1C(C)Nc1cccc(C#N)c1N. The smallest absolute Gasteiger partial charge is 0.101 e. The summed E-state index contributed by atoms with van der Waals surface area (Å²) in [5.74, 6) is 0. The lowest BCUT2D eigenvalue weighted by atomic mass is 10.0. The van der Waals surface area contributed by atoms with Crippen molar-refractivity contribution in [1.82, 2.24) is 0 Å². The van der Waals surface area contributed by atoms with Gasteiger partial charge in [-0.25, -0.2) is 0 Å². The molecule has 3 nitrogen and oxygen atoms in total. The van der Waals surface area contributed by atoms with Crippen LogP contribution < -0.4 is 11.1 Å². The van der Waals surface area contributed by atoms with Crippen molar-refractivity contribution in [3.05, 3.63) is 59.2 Å². The van der Waals surface area contributed by atoms with Crippen LogP contribution in [-0.2, 0) is 0 Å². The van der Waals surface area contributed by atoms with Crippen molar-refractivity contribution >= 4 is 11.4 Å². The number of anilines is 2. The van der Waals surface area contributed by atoms with Crippen LogP contribution in [0.5, 0.6) is 0 Å². The molecule has 0 heterocycles. The van der Waals surface area contributed by atoms with E-state index in [-0.39, 0.29) is 6.04 Å². The van der Waals surface area contributed by atoms with Gasteiger partial charge in [0.15, 0.2) is 0 Å². The first-order chi connectivity index (χ1) is 9.13. The van der Waals surface area contributed by atoms with Gasteiger partial charge >= 0.3 is 0 Å². The van der Waals surface area contributed by atoms with Crippen molar-refractivity contribution in [2.24, 2.45) is 0 Å². The van der Waals surface area contributed by atoms with Gasteiger partial charge in [-0.1, -0.05) is 30.3 Å². The van der Waals surface area contributed by atoms with Crippen LogP contribution in [0, 0.1) is 18.3 Å². The fourth-order valence-corrected chi connectivity index (χ4v) is 2.17. The van der Waals surface area contributed by atoms with Crippen LogP contribution in [0.25, 0.3) is 0 Å². The van der Waals surface area contributed by atoms with E-state index in [1.54, 1.807) is 6.07 Å². The Kier molecular flexibility index (Phi) is 3.72. The Balaban J connectivity index is 2.28. The summed E-state index contributed by atoms with van der Waals surface area (Å²) in [4.78, 5) is 0. The zero-order valence-electron chi connectivity index (χ0n) is 11.1. The standard InChI is InChI=1S/C16H17N3/c1-11-6-3-4-8-14(11)12(2)19-15-9-5-7-13(10-17)16(15)18/h3-9,12,19H,18H2,1-2H3. The molecule has 3 heteroatoms. The van der Waals surface area contributed by atoms with E-state index in [4.69, 9.17) is 11.0 Å². The Bertz CT molecular complexity index is 626. The van der Waals surface area contributed by atoms with Gasteiger partial charge in [0.25, 0.3) is 0 Å². The molecule has 19 heavy (non-hydrogen) atoms. The minimum Gasteiger partial charge on any atom is -0.396 e. The molecule has 0 aliphatic carbocycles. The summed E-state index contributed by atoms with van der Waals surface area (Å²) < 4.78 is 0. The molecule has 2 aromatic rings. The summed E-state index contributed by atoms with van der Waals surface area (Å²) in [6.07, 6.45) is 0. The molecule has 2 rings (SSSR count). The van der Waals surface area contributed by atoms with Crippen molar-refractivity contribution in [2.75, 3.05) is 11.1 Å². The van der Waals surface area contributed by atoms with Crippen molar-refractivity contribution in [3.63, 3.8) is 0 Å². The van der Waals surface area contributed by atoms with Gasteiger partial charge in [0.2, 0.25) is 0 Å². The summed E-state index contributed by atoms with van der Waals surface area (Å²) in [6.45, 7) is 4.17. The monoisotopic (exact) mass is 251 g/mol. The number of para-hydroxylation sites is 1. The van der Waals surface area contributed by atoms with E-state index >= 15 is 0 Å². The van der Waals surface area contributed by atoms with Crippen LogP contribution in [0.1, 0.15) is 29.7 Å². The second kappa shape index (κ2) is 5.45. The molecule has 0 bridgehead atoms. The molecule has 0 radical (unpaired) electrons. The Morgan fingerprint density at radius 3 is 2.58 bits per heavy atom. The van der Waals surface area contributed by atoms with Gasteiger partial charge in [-0.2, -0.15) is 5.26 Å². The molecule has 0 fully saturated rings. The molecule has 0 saturated carbocycles. The first-order valence-corrected chi connectivity index (χ1v) is 6.24. The van der Waals surface area contributed by atoms with Gasteiger partial charge in [0, 0.05) is 6.04 Å². The van der Waals surface area contributed by atoms with Gasteiger partial charge in [-0.3, -0.25) is 0 Å². The fourth-order valence-electron chi connectivity index (χ4n) is 2.17. The van der Waals surface area contributed by atoms with Gasteiger partial charge in [0.05, 0.1) is 16.9 Å². The lowest BCUT2D eigenvalue weighted by Gasteiger charge is -2.19. The fraction of sp³-hybridized carbons (Fsp3) is 0.188. The Morgan fingerprint density at radius 1 is 1.16 bits per heavy atom. The quantitative estimate of drug-likeness (QED) is 0.819. The topological polar surface area (TPSA) is 61.8 Å². The number of nitrogens with one attached hydrogen (secondary N) is 1. The first-order valence-electron chi connectivity index (χ1n) is 6.24. The third kappa shape index (κ3) is 2.69. The number of rotatable bonds is 3. The van der Waals surface area contributed by atoms with E-state index in [0.717, 1.165) is 5.69 Å². The predicted molar refractivity (Wildman–Crippen MR) is 78.8 cm³/mol. The zero-order valence-corrected chi connectivity index (χ0v) is 11.1. The highest BCUT2D eigenvalue weighted by Crippen LogP contribution is 2.27. The molecule has 2 aromatic carbocycles. The number of hydrogen-bond acceptors (Lipinski definition) is 3. The molecular formula is C16H17N3. The largest absolute Gasteiger partial charge is 0.396 e. The number of nitriles is 1. The van der Waals surface area contributed by atoms with Crippen molar-refractivity contribution < 1.29 is 0 Å². The molecule has 0 aromatic heterocycles.